The van der Waals surface area contributed by atoms with E-state index in [1.54, 1.807) is 4.90 Å². The molecule has 3 heterocycles. The van der Waals surface area contributed by atoms with Crippen molar-refractivity contribution in [2.24, 2.45) is 11.3 Å². The molecule has 0 aromatic heterocycles. The molecule has 142 valence electrons. The second-order valence-corrected chi connectivity index (χ2v) is 8.39. The number of rotatable bonds is 5. The predicted molar refractivity (Wildman–Crippen MR) is 97.6 cm³/mol. The maximum absolute atomic E-state index is 12.8. The monoisotopic (exact) mass is 368 g/mol. The molecule has 1 aliphatic carbocycles. The molecule has 2 saturated heterocycles. The van der Waals surface area contributed by atoms with Crippen LogP contribution in [0.3, 0.4) is 0 Å². The summed E-state index contributed by atoms with van der Waals surface area (Å²) in [5.74, 6) is 0.0946. The number of carbonyl (C=O) groups excluding carboxylic acids is 3. The molecule has 27 heavy (non-hydrogen) atoms. The van der Waals surface area contributed by atoms with Gasteiger partial charge in [0.2, 0.25) is 11.8 Å². The van der Waals surface area contributed by atoms with Crippen molar-refractivity contribution >= 4 is 17.7 Å². The van der Waals surface area contributed by atoms with Crippen molar-refractivity contribution in [3.63, 3.8) is 0 Å². The number of benzene rings is 1. The van der Waals surface area contributed by atoms with Gasteiger partial charge < -0.3 is 15.5 Å². The Kier molecular flexibility index (Phi) is 3.84. The SMILES string of the molecule is O=C1CCC(N2Cc3ccc(CNC[C@]45CNC[C@H]4C5)cc3C2=O)C(=O)N1. The minimum absolute atomic E-state index is 0.109. The maximum atomic E-state index is 12.8. The Morgan fingerprint density at radius 1 is 1.26 bits per heavy atom. The van der Waals surface area contributed by atoms with Gasteiger partial charge in [-0.25, -0.2) is 0 Å². The van der Waals surface area contributed by atoms with Crippen molar-refractivity contribution in [1.29, 1.82) is 0 Å². The molecule has 3 aliphatic heterocycles. The number of nitrogens with one attached hydrogen (secondary N) is 3. The van der Waals surface area contributed by atoms with Crippen LogP contribution < -0.4 is 16.0 Å². The fraction of sp³-hybridized carbons (Fsp3) is 0.550. The Labute approximate surface area is 157 Å². The topological polar surface area (TPSA) is 90.5 Å². The molecule has 1 saturated carbocycles. The first-order chi connectivity index (χ1) is 13.1. The summed E-state index contributed by atoms with van der Waals surface area (Å²) < 4.78 is 0. The van der Waals surface area contributed by atoms with E-state index in [4.69, 9.17) is 0 Å². The highest BCUT2D eigenvalue weighted by Crippen LogP contribution is 2.54. The number of hydrogen-bond donors (Lipinski definition) is 3. The lowest BCUT2D eigenvalue weighted by Gasteiger charge is -2.29. The average molecular weight is 368 g/mol. The van der Waals surface area contributed by atoms with Gasteiger partial charge in [0.1, 0.15) is 6.04 Å². The minimum Gasteiger partial charge on any atom is -0.322 e. The number of hydrogen-bond acceptors (Lipinski definition) is 5. The van der Waals surface area contributed by atoms with Crippen LogP contribution in [0.15, 0.2) is 18.2 Å². The molecule has 5 rings (SSSR count). The van der Waals surface area contributed by atoms with Gasteiger partial charge >= 0.3 is 0 Å². The molecule has 3 amide bonds. The first kappa shape index (κ1) is 16.9. The predicted octanol–water partition coefficient (Wildman–Crippen LogP) is 0.147. The van der Waals surface area contributed by atoms with Crippen LogP contribution in [-0.4, -0.2) is 48.3 Å². The zero-order chi connectivity index (χ0) is 18.6. The summed E-state index contributed by atoms with van der Waals surface area (Å²) in [5, 5.41) is 9.34. The van der Waals surface area contributed by atoms with Gasteiger partial charge in [0.25, 0.3) is 5.91 Å². The molecule has 1 unspecified atom stereocenters. The number of nitrogens with zero attached hydrogens (tertiary/aromatic N) is 1. The highest BCUT2D eigenvalue weighted by atomic mass is 16.2. The van der Waals surface area contributed by atoms with E-state index >= 15 is 0 Å². The van der Waals surface area contributed by atoms with Gasteiger partial charge in [-0.05, 0) is 47.9 Å². The van der Waals surface area contributed by atoms with E-state index in [1.165, 1.54) is 6.42 Å². The molecule has 1 aromatic rings. The number of fused-ring (bicyclic) bond motifs is 2. The van der Waals surface area contributed by atoms with Crippen LogP contribution >= 0.6 is 0 Å². The van der Waals surface area contributed by atoms with Crippen molar-refractivity contribution in [2.45, 2.75) is 38.4 Å². The number of piperidine rings is 2. The lowest BCUT2D eigenvalue weighted by atomic mass is 10.0. The van der Waals surface area contributed by atoms with Gasteiger partial charge in [-0.1, -0.05) is 12.1 Å². The van der Waals surface area contributed by atoms with Gasteiger partial charge in [0.05, 0.1) is 0 Å². The first-order valence-electron chi connectivity index (χ1n) is 9.74. The summed E-state index contributed by atoms with van der Waals surface area (Å²) in [6.45, 7) is 4.44. The molecular weight excluding hydrogens is 344 g/mol. The summed E-state index contributed by atoms with van der Waals surface area (Å²) in [6, 6.07) is 5.45. The van der Waals surface area contributed by atoms with Gasteiger partial charge in [-0.15, -0.1) is 0 Å². The molecule has 3 fully saturated rings. The van der Waals surface area contributed by atoms with E-state index < -0.39 is 6.04 Å². The quantitative estimate of drug-likeness (QED) is 0.644. The van der Waals surface area contributed by atoms with E-state index in [0.29, 0.717) is 23.9 Å². The van der Waals surface area contributed by atoms with E-state index in [0.717, 1.165) is 43.2 Å². The van der Waals surface area contributed by atoms with Crippen LogP contribution in [0.4, 0.5) is 0 Å². The zero-order valence-electron chi connectivity index (χ0n) is 15.2. The van der Waals surface area contributed by atoms with E-state index in [2.05, 4.69) is 22.0 Å². The van der Waals surface area contributed by atoms with E-state index in [9.17, 15) is 14.4 Å². The van der Waals surface area contributed by atoms with Crippen LogP contribution in [0.2, 0.25) is 0 Å². The molecule has 0 radical (unpaired) electrons. The summed E-state index contributed by atoms with van der Waals surface area (Å²) in [7, 11) is 0. The molecule has 7 heteroatoms. The van der Waals surface area contributed by atoms with Crippen LogP contribution in [0.25, 0.3) is 0 Å². The largest absolute Gasteiger partial charge is 0.322 e. The van der Waals surface area contributed by atoms with Crippen molar-refractivity contribution in [3.05, 3.63) is 34.9 Å². The third-order valence-electron chi connectivity index (χ3n) is 6.63. The van der Waals surface area contributed by atoms with Crippen LogP contribution in [0, 0.1) is 11.3 Å². The molecule has 3 N–H and O–H groups in total. The first-order valence-corrected chi connectivity index (χ1v) is 9.74. The molecule has 3 atom stereocenters. The minimum atomic E-state index is -0.551. The van der Waals surface area contributed by atoms with E-state index in [1.807, 2.05) is 12.1 Å². The normalized spacial score (nSPS) is 31.7. The van der Waals surface area contributed by atoms with Gasteiger partial charge in [-0.2, -0.15) is 0 Å². The second-order valence-electron chi connectivity index (χ2n) is 8.39. The van der Waals surface area contributed by atoms with Crippen LogP contribution in [0.1, 0.15) is 40.7 Å². The Morgan fingerprint density at radius 3 is 2.89 bits per heavy atom. The lowest BCUT2D eigenvalue weighted by Crippen LogP contribution is -2.52. The average Bonchev–Trinajstić information content (AvgIpc) is 3.02. The van der Waals surface area contributed by atoms with Gasteiger partial charge in [0, 0.05) is 38.2 Å². The summed E-state index contributed by atoms with van der Waals surface area (Å²) >= 11 is 0. The van der Waals surface area contributed by atoms with E-state index in [-0.39, 0.29) is 24.1 Å². The fourth-order valence-corrected chi connectivity index (χ4v) is 4.88. The molecule has 0 bridgehead atoms. The van der Waals surface area contributed by atoms with Crippen molar-refractivity contribution in [3.8, 4) is 0 Å². The Hall–Kier alpha value is -2.25. The Morgan fingerprint density at radius 2 is 2.15 bits per heavy atom. The molecule has 4 aliphatic rings. The highest BCUT2D eigenvalue weighted by molar-refractivity contribution is 6.05. The van der Waals surface area contributed by atoms with Crippen LogP contribution in [0.5, 0.6) is 0 Å². The van der Waals surface area contributed by atoms with Gasteiger partial charge in [0.15, 0.2) is 0 Å². The smallest absolute Gasteiger partial charge is 0.255 e. The van der Waals surface area contributed by atoms with Crippen LogP contribution in [-0.2, 0) is 22.7 Å². The summed E-state index contributed by atoms with van der Waals surface area (Å²) in [4.78, 5) is 37.9. The van der Waals surface area contributed by atoms with Crippen molar-refractivity contribution in [2.75, 3.05) is 19.6 Å². The standard InChI is InChI=1S/C20H24N4O3/c25-17-4-3-16(18(26)23-17)24-9-13-2-1-12(5-15(13)19(24)27)7-21-10-20-6-14(20)8-22-11-20/h1-2,5,14,16,21-22H,3-4,6-11H2,(H,23,25,26)/t14-,16?,20-/m1/s1. The summed E-state index contributed by atoms with van der Waals surface area (Å²) in [6.07, 6.45) is 2.00. The van der Waals surface area contributed by atoms with Crippen molar-refractivity contribution in [1.82, 2.24) is 20.9 Å². The maximum Gasteiger partial charge on any atom is 0.255 e. The Balaban J connectivity index is 1.24. The zero-order valence-corrected chi connectivity index (χ0v) is 15.2. The third-order valence-corrected chi connectivity index (χ3v) is 6.63. The lowest BCUT2D eigenvalue weighted by molar-refractivity contribution is -0.136. The Bertz CT molecular complexity index is 839. The van der Waals surface area contributed by atoms with Crippen molar-refractivity contribution < 1.29 is 14.4 Å². The number of amides is 3. The van der Waals surface area contributed by atoms with Gasteiger partial charge in [-0.3, -0.25) is 19.7 Å². The second kappa shape index (κ2) is 6.14. The molecule has 0 spiro atoms. The summed E-state index contributed by atoms with van der Waals surface area (Å²) in [5.41, 5.74) is 3.18. The molecular formula is C20H24N4O3. The number of carbonyl (C=O) groups is 3. The third kappa shape index (κ3) is 2.85. The highest BCUT2D eigenvalue weighted by Gasteiger charge is 2.56. The number of imide groups is 1. The molecule has 1 aromatic carbocycles. The fourth-order valence-electron chi connectivity index (χ4n) is 4.88. The molecule has 7 nitrogen and oxygen atoms in total.